The van der Waals surface area contributed by atoms with Gasteiger partial charge in [-0.25, -0.2) is 0 Å². The first-order chi connectivity index (χ1) is 11.2. The molecule has 0 unspecified atom stereocenters. The van der Waals surface area contributed by atoms with E-state index in [9.17, 15) is 4.79 Å². The molecule has 1 aliphatic heterocycles. The van der Waals surface area contributed by atoms with E-state index in [1.165, 1.54) is 5.56 Å². The van der Waals surface area contributed by atoms with Crippen LogP contribution in [0.1, 0.15) is 24.8 Å². The van der Waals surface area contributed by atoms with Gasteiger partial charge in [-0.15, -0.1) is 24.0 Å². The van der Waals surface area contributed by atoms with Crippen molar-refractivity contribution in [2.45, 2.75) is 25.7 Å². The molecule has 1 aliphatic rings. The minimum Gasteiger partial charge on any atom is -0.359 e. The molecule has 6 heteroatoms. The maximum Gasteiger partial charge on any atom is 0.220 e. The summed E-state index contributed by atoms with van der Waals surface area (Å²) < 4.78 is 0. The molecule has 1 fully saturated rings. The Kier molecular flexibility index (Phi) is 9.75. The van der Waals surface area contributed by atoms with Gasteiger partial charge in [-0.1, -0.05) is 30.3 Å². The zero-order valence-electron chi connectivity index (χ0n) is 14.6. The van der Waals surface area contributed by atoms with Gasteiger partial charge in [-0.3, -0.25) is 9.79 Å². The second-order valence-electron chi connectivity index (χ2n) is 6.02. The fraction of sp³-hybridized carbons (Fsp3) is 0.556. The molecule has 2 N–H and O–H groups in total. The summed E-state index contributed by atoms with van der Waals surface area (Å²) in [5.74, 6) is 1.61. The smallest absolute Gasteiger partial charge is 0.220 e. The summed E-state index contributed by atoms with van der Waals surface area (Å²) in [6.45, 7) is 2.81. The molecule has 0 aliphatic carbocycles. The number of benzene rings is 1. The summed E-state index contributed by atoms with van der Waals surface area (Å²) in [5, 5.41) is 6.16. The number of hydrogen-bond acceptors (Lipinski definition) is 2. The van der Waals surface area contributed by atoms with E-state index >= 15 is 0 Å². The van der Waals surface area contributed by atoms with Crippen molar-refractivity contribution in [3.05, 3.63) is 35.9 Å². The van der Waals surface area contributed by atoms with Crippen LogP contribution in [0.5, 0.6) is 0 Å². The molecule has 134 valence electrons. The number of hydrogen-bond donors (Lipinski definition) is 2. The van der Waals surface area contributed by atoms with Gasteiger partial charge < -0.3 is 15.5 Å². The molecule has 1 amide bonds. The van der Waals surface area contributed by atoms with Crippen molar-refractivity contribution in [1.29, 1.82) is 0 Å². The first kappa shape index (κ1) is 20.7. The highest BCUT2D eigenvalue weighted by Gasteiger charge is 2.22. The van der Waals surface area contributed by atoms with Gasteiger partial charge in [-0.05, 0) is 30.7 Å². The van der Waals surface area contributed by atoms with Gasteiger partial charge in [0.15, 0.2) is 5.96 Å². The summed E-state index contributed by atoms with van der Waals surface area (Å²) in [5.41, 5.74) is 1.33. The van der Waals surface area contributed by atoms with Crippen LogP contribution in [0.4, 0.5) is 0 Å². The predicted octanol–water partition coefficient (Wildman–Crippen LogP) is 2.27. The Balaban J connectivity index is 0.00000288. The molecule has 2 rings (SSSR count). The molecule has 1 aromatic carbocycles. The van der Waals surface area contributed by atoms with Crippen molar-refractivity contribution >= 4 is 35.8 Å². The van der Waals surface area contributed by atoms with Crippen LogP contribution in [-0.2, 0) is 11.2 Å². The highest BCUT2D eigenvalue weighted by atomic mass is 127. The lowest BCUT2D eigenvalue weighted by molar-refractivity contribution is -0.121. The molecule has 1 aromatic rings. The predicted molar refractivity (Wildman–Crippen MR) is 110 cm³/mol. The summed E-state index contributed by atoms with van der Waals surface area (Å²) >= 11 is 0. The molecule has 0 spiro atoms. The van der Waals surface area contributed by atoms with Crippen LogP contribution in [-0.4, -0.2) is 50.5 Å². The molecule has 0 atom stereocenters. The average molecular weight is 444 g/mol. The lowest BCUT2D eigenvalue weighted by Gasteiger charge is -2.34. The second-order valence-corrected chi connectivity index (χ2v) is 6.02. The maximum atomic E-state index is 11.5. The molecule has 5 nitrogen and oxygen atoms in total. The molecule has 0 saturated carbocycles. The second kappa shape index (κ2) is 11.3. The van der Waals surface area contributed by atoms with Crippen molar-refractivity contribution < 1.29 is 4.79 Å². The highest BCUT2D eigenvalue weighted by molar-refractivity contribution is 14.0. The molecule has 24 heavy (non-hydrogen) atoms. The Hall–Kier alpha value is -1.31. The summed E-state index contributed by atoms with van der Waals surface area (Å²) in [7, 11) is 3.54. The number of guanidine groups is 1. The summed E-state index contributed by atoms with van der Waals surface area (Å²) in [6.07, 6.45) is 3.73. The van der Waals surface area contributed by atoms with E-state index < -0.39 is 0 Å². The molecule has 0 bridgehead atoms. The number of nitrogens with zero attached hydrogens (tertiary/aromatic N) is 2. The summed E-state index contributed by atoms with van der Waals surface area (Å²) in [6, 6.07) is 10.5. The number of carbonyl (C=O) groups is 1. The van der Waals surface area contributed by atoms with Gasteiger partial charge in [0.25, 0.3) is 0 Å². The zero-order valence-corrected chi connectivity index (χ0v) is 17.0. The molecular formula is C18H29IN4O. The molecule has 1 heterocycles. The van der Waals surface area contributed by atoms with E-state index in [0.717, 1.165) is 44.9 Å². The van der Waals surface area contributed by atoms with Crippen LogP contribution in [0.25, 0.3) is 0 Å². The average Bonchev–Trinajstić information content (AvgIpc) is 2.60. The third kappa shape index (κ3) is 6.67. The molecule has 1 saturated heterocycles. The van der Waals surface area contributed by atoms with Gasteiger partial charge in [0, 0.05) is 40.2 Å². The van der Waals surface area contributed by atoms with Crippen LogP contribution in [0.15, 0.2) is 35.3 Å². The molecular weight excluding hydrogens is 415 g/mol. The number of carbonyl (C=O) groups excluding carboxylic acids is 1. The number of amides is 1. The topological polar surface area (TPSA) is 56.7 Å². The number of nitrogens with one attached hydrogen (secondary N) is 2. The van der Waals surface area contributed by atoms with Crippen molar-refractivity contribution in [1.82, 2.24) is 15.5 Å². The van der Waals surface area contributed by atoms with Crippen molar-refractivity contribution in [3.63, 3.8) is 0 Å². The summed E-state index contributed by atoms with van der Waals surface area (Å²) in [4.78, 5) is 18.2. The minimum absolute atomic E-state index is 0. The zero-order chi connectivity index (χ0) is 16.5. The normalized spacial score (nSPS) is 15.6. The Bertz CT molecular complexity index is 513. The van der Waals surface area contributed by atoms with Gasteiger partial charge in [-0.2, -0.15) is 0 Å². The Morgan fingerprint density at radius 3 is 2.50 bits per heavy atom. The quantitative estimate of drug-likeness (QED) is 0.416. The highest BCUT2D eigenvalue weighted by Crippen LogP contribution is 2.20. The SMILES string of the molecule is CN=C(NCCc1ccccc1)N1CCC(CC(=O)NC)CC1.I. The lowest BCUT2D eigenvalue weighted by Crippen LogP contribution is -2.46. The van der Waals surface area contributed by atoms with Gasteiger partial charge in [0.2, 0.25) is 5.91 Å². The van der Waals surface area contributed by atoms with E-state index in [1.54, 1.807) is 7.05 Å². The third-order valence-corrected chi connectivity index (χ3v) is 4.42. The fourth-order valence-corrected chi connectivity index (χ4v) is 3.01. The lowest BCUT2D eigenvalue weighted by atomic mass is 9.93. The largest absolute Gasteiger partial charge is 0.359 e. The number of piperidine rings is 1. The van der Waals surface area contributed by atoms with E-state index in [0.29, 0.717) is 12.3 Å². The maximum absolute atomic E-state index is 11.5. The monoisotopic (exact) mass is 444 g/mol. The Labute approximate surface area is 162 Å². The number of aliphatic imine (C=N–C) groups is 1. The van der Waals surface area contributed by atoms with E-state index in [1.807, 2.05) is 13.1 Å². The van der Waals surface area contributed by atoms with Crippen LogP contribution < -0.4 is 10.6 Å². The van der Waals surface area contributed by atoms with Crippen LogP contribution >= 0.6 is 24.0 Å². The van der Waals surface area contributed by atoms with Crippen molar-refractivity contribution in [2.75, 3.05) is 33.7 Å². The first-order valence-electron chi connectivity index (χ1n) is 8.43. The molecule has 0 aromatic heterocycles. The van der Waals surface area contributed by atoms with Gasteiger partial charge >= 0.3 is 0 Å². The van der Waals surface area contributed by atoms with Crippen molar-refractivity contribution in [2.24, 2.45) is 10.9 Å². The fourth-order valence-electron chi connectivity index (χ4n) is 3.01. The minimum atomic E-state index is 0. The van der Waals surface area contributed by atoms with E-state index in [-0.39, 0.29) is 29.9 Å². The van der Waals surface area contributed by atoms with Crippen LogP contribution in [0.2, 0.25) is 0 Å². The Morgan fingerprint density at radius 1 is 1.25 bits per heavy atom. The third-order valence-electron chi connectivity index (χ3n) is 4.42. The van der Waals surface area contributed by atoms with Crippen molar-refractivity contribution in [3.8, 4) is 0 Å². The number of rotatable bonds is 5. The van der Waals surface area contributed by atoms with Crippen LogP contribution in [0, 0.1) is 5.92 Å². The standard InChI is InChI=1S/C18H28N4O.HI/c1-19-17(23)14-16-9-12-22(13-10-16)18(20-2)21-11-8-15-6-4-3-5-7-15;/h3-7,16H,8-14H2,1-2H3,(H,19,23)(H,20,21);1H. The van der Waals surface area contributed by atoms with Crippen LogP contribution in [0.3, 0.4) is 0 Å². The number of halogens is 1. The first-order valence-corrected chi connectivity index (χ1v) is 8.43. The Morgan fingerprint density at radius 2 is 1.92 bits per heavy atom. The number of likely N-dealkylation sites (tertiary alicyclic amines) is 1. The van der Waals surface area contributed by atoms with E-state index in [2.05, 4.69) is 44.8 Å². The van der Waals surface area contributed by atoms with Gasteiger partial charge in [0.1, 0.15) is 0 Å². The van der Waals surface area contributed by atoms with E-state index in [4.69, 9.17) is 0 Å². The van der Waals surface area contributed by atoms with Gasteiger partial charge in [0.05, 0.1) is 0 Å². The molecule has 0 radical (unpaired) electrons.